The number of nitrogens with zero attached hydrogens (tertiary/aromatic N) is 4. The SMILES string of the molecule is N#Cc1c(-n2c3ccccc3c3ccccc32)cccc1-n1c2ccccc2c2cc(-c3cccc(N(c4ccccc4)c4ccccc4)c3)ccc21. The smallest absolute Gasteiger partial charge is 0.104 e. The molecule has 53 heavy (non-hydrogen) atoms. The molecule has 0 saturated heterocycles. The quantitative estimate of drug-likeness (QED) is 0.176. The molecule has 0 amide bonds. The maximum atomic E-state index is 10.9. The van der Waals surface area contributed by atoms with Crippen molar-refractivity contribution in [1.29, 1.82) is 5.26 Å². The van der Waals surface area contributed by atoms with Crippen LogP contribution in [0, 0.1) is 11.3 Å². The fourth-order valence-electron chi connectivity index (χ4n) is 8.04. The number of hydrogen-bond donors (Lipinski definition) is 0. The monoisotopic (exact) mass is 676 g/mol. The molecule has 2 heterocycles. The number of rotatable bonds is 6. The Morgan fingerprint density at radius 3 is 1.34 bits per heavy atom. The second kappa shape index (κ2) is 12.5. The predicted octanol–water partition coefficient (Wildman–Crippen LogP) is 12.9. The van der Waals surface area contributed by atoms with Crippen molar-refractivity contribution in [1.82, 2.24) is 9.13 Å². The van der Waals surface area contributed by atoms with Gasteiger partial charge in [0.1, 0.15) is 11.6 Å². The molecule has 0 bridgehead atoms. The standard InChI is InChI=1S/C49H32N4/c50-33-43-47(52-44-24-10-7-21-39(44)40-22-8-11-25-45(40)52)27-14-28-48(43)53-46-26-12-9-23-41(46)42-32-35(29-30-49(42)53)34-15-13-20-38(31-34)51(36-16-3-1-4-17-36)37-18-5-2-6-19-37/h1-32H. The summed E-state index contributed by atoms with van der Waals surface area (Å²) in [5, 5.41) is 15.5. The summed E-state index contributed by atoms with van der Waals surface area (Å²) in [6, 6.07) is 70.7. The Balaban J connectivity index is 1.15. The Morgan fingerprint density at radius 2 is 0.792 bits per heavy atom. The fourth-order valence-corrected chi connectivity index (χ4v) is 8.04. The van der Waals surface area contributed by atoms with Crippen LogP contribution in [0.3, 0.4) is 0 Å². The largest absolute Gasteiger partial charge is 0.310 e. The summed E-state index contributed by atoms with van der Waals surface area (Å²) in [4.78, 5) is 2.29. The van der Waals surface area contributed by atoms with Crippen LogP contribution in [0.4, 0.5) is 17.1 Å². The molecule has 4 nitrogen and oxygen atoms in total. The maximum Gasteiger partial charge on any atom is 0.104 e. The molecule has 0 aliphatic carbocycles. The molecule has 0 radical (unpaired) electrons. The Hall–Kier alpha value is -7.35. The van der Waals surface area contributed by atoms with Gasteiger partial charge in [0.05, 0.1) is 33.4 Å². The van der Waals surface area contributed by atoms with Gasteiger partial charge in [-0.15, -0.1) is 0 Å². The van der Waals surface area contributed by atoms with Gasteiger partial charge in [-0.3, -0.25) is 0 Å². The first-order valence-electron chi connectivity index (χ1n) is 17.8. The van der Waals surface area contributed by atoms with Crippen LogP contribution in [0.15, 0.2) is 194 Å². The third kappa shape index (κ3) is 4.91. The Bertz CT molecular complexity index is 2930. The first-order chi connectivity index (χ1) is 26.3. The minimum absolute atomic E-state index is 0.625. The topological polar surface area (TPSA) is 36.9 Å². The molecule has 248 valence electrons. The zero-order valence-corrected chi connectivity index (χ0v) is 28.8. The third-order valence-corrected chi connectivity index (χ3v) is 10.3. The average Bonchev–Trinajstić information content (AvgIpc) is 3.74. The van der Waals surface area contributed by atoms with Gasteiger partial charge in [0.25, 0.3) is 0 Å². The number of hydrogen-bond acceptors (Lipinski definition) is 2. The average molecular weight is 677 g/mol. The van der Waals surface area contributed by atoms with E-state index >= 15 is 0 Å². The van der Waals surface area contributed by atoms with E-state index < -0.39 is 0 Å². The number of para-hydroxylation sites is 5. The molecule has 0 fully saturated rings. The van der Waals surface area contributed by atoms with Gasteiger partial charge in [-0.2, -0.15) is 5.26 Å². The Morgan fingerprint density at radius 1 is 0.358 bits per heavy atom. The van der Waals surface area contributed by atoms with E-state index in [-0.39, 0.29) is 0 Å². The molecule has 2 aromatic heterocycles. The van der Waals surface area contributed by atoms with Crippen LogP contribution in [0.1, 0.15) is 5.56 Å². The summed E-state index contributed by atoms with van der Waals surface area (Å²) in [6.45, 7) is 0. The summed E-state index contributed by atoms with van der Waals surface area (Å²) < 4.78 is 4.49. The highest BCUT2D eigenvalue weighted by atomic mass is 15.1. The molecule has 8 aromatic carbocycles. The van der Waals surface area contributed by atoms with E-state index in [1.54, 1.807) is 0 Å². The van der Waals surface area contributed by atoms with Gasteiger partial charge in [0.15, 0.2) is 0 Å². The van der Waals surface area contributed by atoms with Crippen molar-refractivity contribution in [3.8, 4) is 28.6 Å². The van der Waals surface area contributed by atoms with Crippen LogP contribution in [0.5, 0.6) is 0 Å². The number of anilines is 3. The molecule has 0 unspecified atom stereocenters. The zero-order chi connectivity index (χ0) is 35.3. The van der Waals surface area contributed by atoms with Gasteiger partial charge in [-0.25, -0.2) is 0 Å². The predicted molar refractivity (Wildman–Crippen MR) is 220 cm³/mol. The Kier molecular flexibility index (Phi) is 7.16. The van der Waals surface area contributed by atoms with Crippen molar-refractivity contribution in [3.63, 3.8) is 0 Å². The molecular formula is C49H32N4. The molecule has 0 aliphatic heterocycles. The van der Waals surface area contributed by atoms with Gasteiger partial charge >= 0.3 is 0 Å². The molecular weight excluding hydrogens is 645 g/mol. The molecule has 0 aliphatic rings. The number of aromatic nitrogens is 2. The van der Waals surface area contributed by atoms with Crippen LogP contribution >= 0.6 is 0 Å². The molecule has 0 N–H and O–H groups in total. The third-order valence-electron chi connectivity index (χ3n) is 10.3. The molecule has 4 heteroatoms. The number of benzene rings is 8. The van der Waals surface area contributed by atoms with E-state index in [1.807, 2.05) is 0 Å². The van der Waals surface area contributed by atoms with Crippen molar-refractivity contribution in [2.45, 2.75) is 0 Å². The van der Waals surface area contributed by atoms with Crippen molar-refractivity contribution in [3.05, 3.63) is 200 Å². The fraction of sp³-hybridized carbons (Fsp3) is 0. The minimum atomic E-state index is 0.625. The van der Waals surface area contributed by atoms with Crippen LogP contribution in [0.2, 0.25) is 0 Å². The lowest BCUT2D eigenvalue weighted by Crippen LogP contribution is -2.09. The van der Waals surface area contributed by atoms with E-state index in [2.05, 4.69) is 214 Å². The minimum Gasteiger partial charge on any atom is -0.310 e. The van der Waals surface area contributed by atoms with E-state index in [4.69, 9.17) is 0 Å². The van der Waals surface area contributed by atoms with Crippen LogP contribution < -0.4 is 4.90 Å². The lowest BCUT2D eigenvalue weighted by atomic mass is 10.0. The highest BCUT2D eigenvalue weighted by molar-refractivity contribution is 6.11. The first kappa shape index (κ1) is 30.5. The van der Waals surface area contributed by atoms with Gasteiger partial charge in [0, 0.05) is 38.6 Å². The van der Waals surface area contributed by atoms with Crippen molar-refractivity contribution in [2.24, 2.45) is 0 Å². The highest BCUT2D eigenvalue weighted by Gasteiger charge is 2.21. The normalized spacial score (nSPS) is 11.4. The van der Waals surface area contributed by atoms with Gasteiger partial charge in [-0.1, -0.05) is 115 Å². The van der Waals surface area contributed by atoms with Gasteiger partial charge < -0.3 is 14.0 Å². The van der Waals surface area contributed by atoms with Gasteiger partial charge in [0.2, 0.25) is 0 Å². The molecule has 0 spiro atoms. The van der Waals surface area contributed by atoms with Crippen LogP contribution in [-0.4, -0.2) is 9.13 Å². The highest BCUT2D eigenvalue weighted by Crippen LogP contribution is 2.40. The van der Waals surface area contributed by atoms with E-state index in [1.165, 1.54) is 10.8 Å². The lowest BCUT2D eigenvalue weighted by molar-refractivity contribution is 1.12. The molecule has 10 rings (SSSR count). The van der Waals surface area contributed by atoms with E-state index in [0.717, 1.165) is 72.4 Å². The van der Waals surface area contributed by atoms with Crippen molar-refractivity contribution >= 4 is 60.7 Å². The maximum absolute atomic E-state index is 10.9. The molecule has 0 saturated carbocycles. The van der Waals surface area contributed by atoms with E-state index in [0.29, 0.717) is 5.56 Å². The summed E-state index contributed by atoms with van der Waals surface area (Å²) in [6.07, 6.45) is 0. The molecule has 10 aromatic rings. The summed E-state index contributed by atoms with van der Waals surface area (Å²) >= 11 is 0. The zero-order valence-electron chi connectivity index (χ0n) is 28.8. The van der Waals surface area contributed by atoms with Gasteiger partial charge in [-0.05, 0) is 90.0 Å². The summed E-state index contributed by atoms with van der Waals surface area (Å²) in [5.41, 5.74) is 12.2. The van der Waals surface area contributed by atoms with Crippen LogP contribution in [-0.2, 0) is 0 Å². The summed E-state index contributed by atoms with van der Waals surface area (Å²) in [7, 11) is 0. The van der Waals surface area contributed by atoms with Crippen molar-refractivity contribution < 1.29 is 0 Å². The number of fused-ring (bicyclic) bond motifs is 6. The number of nitriles is 1. The van der Waals surface area contributed by atoms with Crippen LogP contribution in [0.25, 0.3) is 66.1 Å². The summed E-state index contributed by atoms with van der Waals surface area (Å²) in [5.74, 6) is 0. The van der Waals surface area contributed by atoms with Crippen molar-refractivity contribution in [2.75, 3.05) is 4.90 Å². The Labute approximate surface area is 307 Å². The second-order valence-electron chi connectivity index (χ2n) is 13.3. The lowest BCUT2D eigenvalue weighted by Gasteiger charge is -2.26. The van der Waals surface area contributed by atoms with E-state index in [9.17, 15) is 5.26 Å². The first-order valence-corrected chi connectivity index (χ1v) is 17.8. The second-order valence-corrected chi connectivity index (χ2v) is 13.3. The molecule has 0 atom stereocenters.